The lowest BCUT2D eigenvalue weighted by molar-refractivity contribution is 0.833. The fraction of sp³-hybridized carbons (Fsp3) is 0.375. The van der Waals surface area contributed by atoms with Crippen LogP contribution in [0.1, 0.15) is 30.3 Å². The van der Waals surface area contributed by atoms with Gasteiger partial charge in [-0.25, -0.2) is 9.97 Å². The summed E-state index contributed by atoms with van der Waals surface area (Å²) in [5, 5.41) is 3.83. The second-order valence-corrected chi connectivity index (χ2v) is 5.23. The van der Waals surface area contributed by atoms with E-state index in [4.69, 9.17) is 11.6 Å². The molecule has 106 valence electrons. The zero-order chi connectivity index (χ0) is 14.4. The molecule has 0 unspecified atom stereocenters. The van der Waals surface area contributed by atoms with Crippen LogP contribution in [0.15, 0.2) is 30.3 Å². The van der Waals surface area contributed by atoms with Crippen LogP contribution in [0.5, 0.6) is 0 Å². The van der Waals surface area contributed by atoms with E-state index >= 15 is 0 Å². The molecule has 0 atom stereocenters. The molecule has 1 N–H and O–H groups in total. The number of hydrogen-bond donors (Lipinski definition) is 1. The molecule has 20 heavy (non-hydrogen) atoms. The zero-order valence-electron chi connectivity index (χ0n) is 12.0. The summed E-state index contributed by atoms with van der Waals surface area (Å²) < 4.78 is 0. The molecular formula is C16H20ClN3. The van der Waals surface area contributed by atoms with Gasteiger partial charge in [0.25, 0.3) is 0 Å². The number of anilines is 1. The van der Waals surface area contributed by atoms with E-state index in [1.165, 1.54) is 11.1 Å². The number of rotatable bonds is 6. The lowest BCUT2D eigenvalue weighted by Crippen LogP contribution is -2.09. The third-order valence-corrected chi connectivity index (χ3v) is 3.37. The molecule has 2 aromatic rings. The van der Waals surface area contributed by atoms with Crippen molar-refractivity contribution in [2.45, 2.75) is 33.1 Å². The largest absolute Gasteiger partial charge is 0.370 e. The Morgan fingerprint density at radius 2 is 1.95 bits per heavy atom. The molecule has 1 aromatic carbocycles. The van der Waals surface area contributed by atoms with E-state index in [0.717, 1.165) is 37.4 Å². The van der Waals surface area contributed by atoms with Crippen molar-refractivity contribution in [3.63, 3.8) is 0 Å². The minimum atomic E-state index is 0.502. The van der Waals surface area contributed by atoms with Crippen LogP contribution in [0.4, 0.5) is 5.82 Å². The molecular weight excluding hydrogens is 270 g/mol. The summed E-state index contributed by atoms with van der Waals surface area (Å²) in [5.74, 6) is 1.61. The Morgan fingerprint density at radius 1 is 1.15 bits per heavy atom. The van der Waals surface area contributed by atoms with Crippen LogP contribution in [0.25, 0.3) is 0 Å². The van der Waals surface area contributed by atoms with Gasteiger partial charge in [0.05, 0.1) is 0 Å². The highest BCUT2D eigenvalue weighted by atomic mass is 35.5. The Labute approximate surface area is 125 Å². The Hall–Kier alpha value is -1.61. The SMILES string of the molecule is CCCc1nc(Cl)cc(NCCc2ccccc2C)n1. The van der Waals surface area contributed by atoms with Crippen LogP contribution in [0.2, 0.25) is 5.15 Å². The van der Waals surface area contributed by atoms with Gasteiger partial charge in [0.15, 0.2) is 0 Å². The molecule has 0 radical (unpaired) electrons. The van der Waals surface area contributed by atoms with Gasteiger partial charge in [-0.3, -0.25) is 0 Å². The summed E-state index contributed by atoms with van der Waals surface area (Å²) >= 11 is 6.02. The lowest BCUT2D eigenvalue weighted by atomic mass is 10.1. The van der Waals surface area contributed by atoms with Crippen molar-refractivity contribution < 1.29 is 0 Å². The Balaban J connectivity index is 1.95. The molecule has 0 bridgehead atoms. The summed E-state index contributed by atoms with van der Waals surface area (Å²) in [6.07, 6.45) is 2.84. The second-order valence-electron chi connectivity index (χ2n) is 4.85. The first-order chi connectivity index (χ1) is 9.69. The number of nitrogens with one attached hydrogen (secondary N) is 1. The summed E-state index contributed by atoms with van der Waals surface area (Å²) in [4.78, 5) is 8.69. The van der Waals surface area contributed by atoms with Crippen molar-refractivity contribution in [1.82, 2.24) is 9.97 Å². The monoisotopic (exact) mass is 289 g/mol. The van der Waals surface area contributed by atoms with E-state index in [0.29, 0.717) is 5.15 Å². The molecule has 0 spiro atoms. The number of aromatic nitrogens is 2. The van der Waals surface area contributed by atoms with Crippen molar-refractivity contribution in [3.8, 4) is 0 Å². The van der Waals surface area contributed by atoms with Gasteiger partial charge in [0.2, 0.25) is 0 Å². The van der Waals surface area contributed by atoms with Gasteiger partial charge in [-0.05, 0) is 30.9 Å². The molecule has 0 aliphatic rings. The van der Waals surface area contributed by atoms with Crippen LogP contribution in [-0.2, 0) is 12.8 Å². The maximum absolute atomic E-state index is 6.02. The summed E-state index contributed by atoms with van der Waals surface area (Å²) in [5.41, 5.74) is 2.68. The molecule has 2 rings (SSSR count). The van der Waals surface area contributed by atoms with Crippen LogP contribution in [-0.4, -0.2) is 16.5 Å². The molecule has 1 aromatic heterocycles. The maximum atomic E-state index is 6.02. The predicted octanol–water partition coefficient (Wildman–Crippen LogP) is 4.05. The average molecular weight is 290 g/mol. The average Bonchev–Trinajstić information content (AvgIpc) is 2.41. The first-order valence-corrected chi connectivity index (χ1v) is 7.38. The highest BCUT2D eigenvalue weighted by Crippen LogP contribution is 2.13. The van der Waals surface area contributed by atoms with Crippen molar-refractivity contribution in [2.24, 2.45) is 0 Å². The Bertz CT molecular complexity index is 569. The van der Waals surface area contributed by atoms with Gasteiger partial charge in [-0.15, -0.1) is 0 Å². The normalized spacial score (nSPS) is 10.6. The van der Waals surface area contributed by atoms with E-state index in [9.17, 15) is 0 Å². The smallest absolute Gasteiger partial charge is 0.134 e. The predicted molar refractivity (Wildman–Crippen MR) is 84.4 cm³/mol. The molecule has 1 heterocycles. The van der Waals surface area contributed by atoms with E-state index in [1.54, 1.807) is 6.07 Å². The van der Waals surface area contributed by atoms with E-state index in [2.05, 4.69) is 53.4 Å². The fourth-order valence-electron chi connectivity index (χ4n) is 2.11. The third-order valence-electron chi connectivity index (χ3n) is 3.18. The molecule has 0 aliphatic heterocycles. The number of nitrogens with zero attached hydrogens (tertiary/aromatic N) is 2. The molecule has 0 amide bonds. The van der Waals surface area contributed by atoms with Crippen molar-refractivity contribution >= 4 is 17.4 Å². The minimum absolute atomic E-state index is 0.502. The highest BCUT2D eigenvalue weighted by Gasteiger charge is 2.03. The van der Waals surface area contributed by atoms with Crippen molar-refractivity contribution in [1.29, 1.82) is 0 Å². The van der Waals surface area contributed by atoms with Crippen LogP contribution >= 0.6 is 11.6 Å². The van der Waals surface area contributed by atoms with E-state index in [-0.39, 0.29) is 0 Å². The van der Waals surface area contributed by atoms with Crippen LogP contribution < -0.4 is 5.32 Å². The zero-order valence-corrected chi connectivity index (χ0v) is 12.7. The standard InChI is InChI=1S/C16H20ClN3/c1-3-6-15-19-14(17)11-16(20-15)18-10-9-13-8-5-4-7-12(13)2/h4-5,7-8,11H,3,6,9-10H2,1-2H3,(H,18,19,20). The van der Waals surface area contributed by atoms with Crippen LogP contribution in [0, 0.1) is 6.92 Å². The van der Waals surface area contributed by atoms with E-state index < -0.39 is 0 Å². The fourth-order valence-corrected chi connectivity index (χ4v) is 2.31. The summed E-state index contributed by atoms with van der Waals surface area (Å²) in [6.45, 7) is 5.08. The highest BCUT2D eigenvalue weighted by molar-refractivity contribution is 6.29. The minimum Gasteiger partial charge on any atom is -0.370 e. The molecule has 0 saturated heterocycles. The summed E-state index contributed by atoms with van der Waals surface area (Å²) in [7, 11) is 0. The number of benzene rings is 1. The van der Waals surface area contributed by atoms with E-state index in [1.807, 2.05) is 0 Å². The number of halogens is 1. The Kier molecular flexibility index (Phi) is 5.36. The summed E-state index contributed by atoms with van der Waals surface area (Å²) in [6, 6.07) is 10.2. The topological polar surface area (TPSA) is 37.8 Å². The van der Waals surface area contributed by atoms with Gasteiger partial charge < -0.3 is 5.32 Å². The first-order valence-electron chi connectivity index (χ1n) is 7.01. The maximum Gasteiger partial charge on any atom is 0.134 e. The molecule has 0 saturated carbocycles. The first kappa shape index (κ1) is 14.8. The van der Waals surface area contributed by atoms with Crippen molar-refractivity contribution in [3.05, 3.63) is 52.4 Å². The molecule has 0 fully saturated rings. The van der Waals surface area contributed by atoms with Gasteiger partial charge in [0, 0.05) is 19.0 Å². The third kappa shape index (κ3) is 4.20. The second kappa shape index (κ2) is 7.25. The Morgan fingerprint density at radius 3 is 2.70 bits per heavy atom. The van der Waals surface area contributed by atoms with Crippen LogP contribution in [0.3, 0.4) is 0 Å². The van der Waals surface area contributed by atoms with Gasteiger partial charge in [-0.2, -0.15) is 0 Å². The van der Waals surface area contributed by atoms with Gasteiger partial charge in [0.1, 0.15) is 16.8 Å². The molecule has 0 aliphatic carbocycles. The van der Waals surface area contributed by atoms with Gasteiger partial charge >= 0.3 is 0 Å². The number of aryl methyl sites for hydroxylation is 2. The molecule has 3 nitrogen and oxygen atoms in total. The number of hydrogen-bond acceptors (Lipinski definition) is 3. The molecule has 4 heteroatoms. The van der Waals surface area contributed by atoms with Gasteiger partial charge in [-0.1, -0.05) is 42.8 Å². The van der Waals surface area contributed by atoms with Crippen molar-refractivity contribution in [2.75, 3.05) is 11.9 Å². The quantitative estimate of drug-likeness (QED) is 0.816. The lowest BCUT2D eigenvalue weighted by Gasteiger charge is -2.09.